The SMILES string of the molecule is O=C(NCCOCC(=O)N1CC(O)C[C@H]1C(=O)O)OCC1c2ccccc2-c2ccccc21. The Kier molecular flexibility index (Phi) is 6.90. The predicted octanol–water partition coefficient (Wildman–Crippen LogP) is 1.59. The number of carboxylic acid groups (broad SMARTS) is 1. The maximum Gasteiger partial charge on any atom is 0.407 e. The first-order valence-electron chi connectivity index (χ1n) is 10.8. The minimum atomic E-state index is -1.16. The Morgan fingerprint density at radius 2 is 1.67 bits per heavy atom. The molecule has 174 valence electrons. The molecular formula is C24H26N2O7. The van der Waals surface area contributed by atoms with Gasteiger partial charge in [0.25, 0.3) is 0 Å². The van der Waals surface area contributed by atoms with Crippen molar-refractivity contribution < 1.29 is 34.1 Å². The van der Waals surface area contributed by atoms with Crippen molar-refractivity contribution in [3.63, 3.8) is 0 Å². The fourth-order valence-electron chi connectivity index (χ4n) is 4.44. The van der Waals surface area contributed by atoms with Crippen LogP contribution in [-0.4, -0.2) is 78.1 Å². The highest BCUT2D eigenvalue weighted by atomic mass is 16.5. The average Bonchev–Trinajstić information content (AvgIpc) is 3.36. The number of likely N-dealkylation sites (tertiary alicyclic amines) is 1. The van der Waals surface area contributed by atoms with E-state index in [1.54, 1.807) is 0 Å². The molecule has 0 aromatic heterocycles. The molecule has 1 saturated heterocycles. The van der Waals surface area contributed by atoms with Crippen LogP contribution in [0.3, 0.4) is 0 Å². The van der Waals surface area contributed by atoms with Crippen LogP contribution in [0.5, 0.6) is 0 Å². The minimum Gasteiger partial charge on any atom is -0.480 e. The lowest BCUT2D eigenvalue weighted by molar-refractivity contribution is -0.150. The number of carbonyl (C=O) groups is 3. The van der Waals surface area contributed by atoms with Crippen LogP contribution in [0.25, 0.3) is 11.1 Å². The van der Waals surface area contributed by atoms with Gasteiger partial charge < -0.3 is 29.9 Å². The maximum absolute atomic E-state index is 12.2. The summed E-state index contributed by atoms with van der Waals surface area (Å²) in [6.45, 7) is 0.0338. The molecule has 2 aliphatic rings. The molecule has 0 bridgehead atoms. The fourth-order valence-corrected chi connectivity index (χ4v) is 4.44. The van der Waals surface area contributed by atoms with Gasteiger partial charge >= 0.3 is 12.1 Å². The van der Waals surface area contributed by atoms with E-state index >= 15 is 0 Å². The van der Waals surface area contributed by atoms with Crippen LogP contribution in [0.2, 0.25) is 0 Å². The lowest BCUT2D eigenvalue weighted by Gasteiger charge is -2.21. The molecule has 2 atom stereocenters. The average molecular weight is 454 g/mol. The zero-order valence-electron chi connectivity index (χ0n) is 18.0. The van der Waals surface area contributed by atoms with Gasteiger partial charge in [-0.2, -0.15) is 0 Å². The highest BCUT2D eigenvalue weighted by Crippen LogP contribution is 2.44. The molecule has 9 heteroatoms. The van der Waals surface area contributed by atoms with E-state index in [1.165, 1.54) is 0 Å². The number of rotatable bonds is 8. The van der Waals surface area contributed by atoms with Crippen molar-refractivity contribution in [3.05, 3.63) is 59.7 Å². The van der Waals surface area contributed by atoms with Gasteiger partial charge in [-0.15, -0.1) is 0 Å². The number of benzene rings is 2. The van der Waals surface area contributed by atoms with Crippen LogP contribution < -0.4 is 5.32 Å². The lowest BCUT2D eigenvalue weighted by atomic mass is 9.98. The summed E-state index contributed by atoms with van der Waals surface area (Å²) in [6.07, 6.45) is -1.43. The van der Waals surface area contributed by atoms with E-state index in [9.17, 15) is 19.5 Å². The van der Waals surface area contributed by atoms with Gasteiger partial charge in [0.05, 0.1) is 12.7 Å². The highest BCUT2D eigenvalue weighted by Gasteiger charge is 2.38. The molecule has 0 saturated carbocycles. The third kappa shape index (κ3) is 4.99. The molecule has 33 heavy (non-hydrogen) atoms. The van der Waals surface area contributed by atoms with Gasteiger partial charge in [0.2, 0.25) is 5.91 Å². The van der Waals surface area contributed by atoms with Crippen LogP contribution >= 0.6 is 0 Å². The number of aliphatic carboxylic acids is 1. The molecule has 1 heterocycles. The van der Waals surface area contributed by atoms with Gasteiger partial charge in [-0.25, -0.2) is 9.59 Å². The Labute approximate surface area is 190 Å². The number of hydrogen-bond acceptors (Lipinski definition) is 6. The molecule has 1 unspecified atom stereocenters. The van der Waals surface area contributed by atoms with Gasteiger partial charge in [0.15, 0.2) is 0 Å². The summed E-state index contributed by atoms with van der Waals surface area (Å²) < 4.78 is 10.7. The van der Waals surface area contributed by atoms with E-state index in [2.05, 4.69) is 17.4 Å². The van der Waals surface area contributed by atoms with E-state index in [1.807, 2.05) is 36.4 Å². The number of β-amino-alcohol motifs (C(OH)–C–C–N with tert-alkyl or cyclic N) is 1. The van der Waals surface area contributed by atoms with Crippen LogP contribution in [0.1, 0.15) is 23.5 Å². The van der Waals surface area contributed by atoms with Crippen molar-refractivity contribution in [3.8, 4) is 11.1 Å². The Bertz CT molecular complexity index is 995. The fraction of sp³-hybridized carbons (Fsp3) is 0.375. The largest absolute Gasteiger partial charge is 0.480 e. The van der Waals surface area contributed by atoms with Gasteiger partial charge in [-0.1, -0.05) is 48.5 Å². The van der Waals surface area contributed by atoms with Crippen LogP contribution in [-0.2, 0) is 19.1 Å². The van der Waals surface area contributed by atoms with E-state index in [-0.39, 0.29) is 45.2 Å². The second-order valence-corrected chi connectivity index (χ2v) is 8.09. The number of amides is 2. The number of alkyl carbamates (subject to hydrolysis) is 1. The van der Waals surface area contributed by atoms with Crippen molar-refractivity contribution in [2.75, 3.05) is 32.9 Å². The van der Waals surface area contributed by atoms with Crippen molar-refractivity contribution in [1.29, 1.82) is 0 Å². The van der Waals surface area contributed by atoms with Crippen molar-refractivity contribution >= 4 is 18.0 Å². The smallest absolute Gasteiger partial charge is 0.407 e. The number of hydrogen-bond donors (Lipinski definition) is 3. The van der Waals surface area contributed by atoms with Crippen LogP contribution in [0, 0.1) is 0 Å². The Hall–Kier alpha value is -3.43. The Morgan fingerprint density at radius 3 is 2.30 bits per heavy atom. The second kappa shape index (κ2) is 10.0. The first kappa shape index (κ1) is 22.8. The standard InChI is InChI=1S/C24H26N2O7/c27-15-11-21(23(29)30)26(12-15)22(28)14-32-10-9-25-24(31)33-13-20-18-7-3-1-5-16(18)17-6-2-4-8-19(17)20/h1-8,15,20-21,27H,9-14H2,(H,25,31)(H,29,30)/t15?,21-/m0/s1. The highest BCUT2D eigenvalue weighted by molar-refractivity contribution is 5.85. The predicted molar refractivity (Wildman–Crippen MR) is 118 cm³/mol. The van der Waals surface area contributed by atoms with Crippen molar-refractivity contribution in [1.82, 2.24) is 10.2 Å². The van der Waals surface area contributed by atoms with Gasteiger partial charge in [-0.3, -0.25) is 4.79 Å². The summed E-state index contributed by atoms with van der Waals surface area (Å²) in [4.78, 5) is 36.6. The zero-order chi connectivity index (χ0) is 23.4. The molecule has 2 aromatic rings. The molecule has 0 spiro atoms. The van der Waals surface area contributed by atoms with Crippen LogP contribution in [0.15, 0.2) is 48.5 Å². The summed E-state index contributed by atoms with van der Waals surface area (Å²) in [5.41, 5.74) is 4.55. The monoisotopic (exact) mass is 454 g/mol. The lowest BCUT2D eigenvalue weighted by Crippen LogP contribution is -2.42. The Balaban J connectivity index is 1.19. The summed E-state index contributed by atoms with van der Waals surface area (Å²) in [7, 11) is 0. The summed E-state index contributed by atoms with van der Waals surface area (Å²) >= 11 is 0. The number of ether oxygens (including phenoxy) is 2. The molecule has 1 aliphatic carbocycles. The van der Waals surface area contributed by atoms with Crippen LogP contribution in [0.4, 0.5) is 4.79 Å². The first-order chi connectivity index (χ1) is 16.0. The number of nitrogens with one attached hydrogen (secondary N) is 1. The van der Waals surface area contributed by atoms with E-state index < -0.39 is 30.1 Å². The third-order valence-electron chi connectivity index (χ3n) is 5.97. The summed E-state index contributed by atoms with van der Waals surface area (Å²) in [6, 6.07) is 15.1. The third-order valence-corrected chi connectivity index (χ3v) is 5.97. The number of carbonyl (C=O) groups excluding carboxylic acids is 2. The number of aliphatic hydroxyl groups is 1. The van der Waals surface area contributed by atoms with Crippen molar-refractivity contribution in [2.24, 2.45) is 0 Å². The molecule has 1 fully saturated rings. The second-order valence-electron chi connectivity index (χ2n) is 8.09. The number of carboxylic acids is 1. The van der Waals surface area contributed by atoms with E-state index in [0.29, 0.717) is 0 Å². The minimum absolute atomic E-state index is 0.00438. The van der Waals surface area contributed by atoms with Crippen molar-refractivity contribution in [2.45, 2.75) is 24.5 Å². The quantitative estimate of drug-likeness (QED) is 0.517. The molecule has 2 amide bonds. The van der Waals surface area contributed by atoms with E-state index in [4.69, 9.17) is 14.6 Å². The normalized spacial score (nSPS) is 19.1. The molecule has 2 aromatic carbocycles. The molecular weight excluding hydrogens is 428 g/mol. The molecule has 0 radical (unpaired) electrons. The summed E-state index contributed by atoms with van der Waals surface area (Å²) in [5.74, 6) is -1.70. The number of nitrogens with zero attached hydrogens (tertiary/aromatic N) is 1. The first-order valence-corrected chi connectivity index (χ1v) is 10.8. The molecule has 4 rings (SSSR count). The molecule has 3 N–H and O–H groups in total. The zero-order valence-corrected chi connectivity index (χ0v) is 18.0. The molecule has 9 nitrogen and oxygen atoms in total. The number of fused-ring (bicyclic) bond motifs is 3. The van der Waals surface area contributed by atoms with E-state index in [0.717, 1.165) is 27.2 Å². The topological polar surface area (TPSA) is 125 Å². The number of aliphatic hydroxyl groups excluding tert-OH is 1. The molecule has 1 aliphatic heterocycles. The van der Waals surface area contributed by atoms with Gasteiger partial charge in [-0.05, 0) is 22.3 Å². The van der Waals surface area contributed by atoms with Gasteiger partial charge in [0, 0.05) is 25.4 Å². The maximum atomic E-state index is 12.2. The van der Waals surface area contributed by atoms with Gasteiger partial charge in [0.1, 0.15) is 19.3 Å². The summed E-state index contributed by atoms with van der Waals surface area (Å²) in [5, 5.41) is 21.4. The Morgan fingerprint density at radius 1 is 1.03 bits per heavy atom.